The highest BCUT2D eigenvalue weighted by Gasteiger charge is 2.22. The molecule has 0 amide bonds. The van der Waals surface area contributed by atoms with Crippen molar-refractivity contribution in [2.24, 2.45) is 0 Å². The van der Waals surface area contributed by atoms with Crippen LogP contribution in [-0.2, 0) is 6.42 Å². The molecule has 0 saturated carbocycles. The van der Waals surface area contributed by atoms with Crippen LogP contribution in [0.2, 0.25) is 0 Å². The summed E-state index contributed by atoms with van der Waals surface area (Å²) in [7, 11) is 0. The third-order valence-corrected chi connectivity index (χ3v) is 7.00. The quantitative estimate of drug-likeness (QED) is 0.267. The van der Waals surface area contributed by atoms with Crippen molar-refractivity contribution < 1.29 is 0 Å². The van der Waals surface area contributed by atoms with E-state index in [4.69, 9.17) is 0 Å². The molecule has 0 atom stereocenters. The van der Waals surface area contributed by atoms with Crippen LogP contribution in [0.15, 0.2) is 84.4 Å². The minimum absolute atomic E-state index is 0. The van der Waals surface area contributed by atoms with Crippen LogP contribution in [0.3, 0.4) is 0 Å². The van der Waals surface area contributed by atoms with Crippen LogP contribution in [0.5, 0.6) is 0 Å². The molecule has 0 N–H and O–H groups in total. The van der Waals surface area contributed by atoms with Crippen LogP contribution in [0, 0.1) is 0 Å². The fourth-order valence-corrected chi connectivity index (χ4v) is 5.23. The number of piperidine rings is 1. The maximum absolute atomic E-state index is 2.68. The number of benzene rings is 3. The van der Waals surface area contributed by atoms with Crippen molar-refractivity contribution in [3.8, 4) is 0 Å². The van der Waals surface area contributed by atoms with Gasteiger partial charge in [-0.15, -0.1) is 12.4 Å². The summed E-state index contributed by atoms with van der Waals surface area (Å²) in [6.45, 7) is 3.62. The number of rotatable bonds is 6. The van der Waals surface area contributed by atoms with Crippen LogP contribution < -0.4 is 0 Å². The van der Waals surface area contributed by atoms with Crippen molar-refractivity contribution in [1.82, 2.24) is 4.90 Å². The first-order valence-electron chi connectivity index (χ1n) is 12.2. The number of fused-ring (bicyclic) bond motifs is 2. The average molecular weight is 456 g/mol. The predicted octanol–water partition coefficient (Wildman–Crippen LogP) is 7.90. The molecule has 0 bridgehead atoms. The van der Waals surface area contributed by atoms with Crippen LogP contribution >= 0.6 is 12.4 Å². The molecule has 1 aliphatic carbocycles. The Labute approximate surface area is 205 Å². The Morgan fingerprint density at radius 1 is 0.606 bits per heavy atom. The SMILES string of the molecule is C1=Cc2ccccc2C(=C2CCN(CCCCCc3ccccc3)CC2)c2ccccc21.Cl. The fraction of sp³-hybridized carbons (Fsp3) is 0.290. The zero-order valence-corrected chi connectivity index (χ0v) is 20.2. The van der Waals surface area contributed by atoms with Gasteiger partial charge in [-0.1, -0.05) is 103 Å². The number of likely N-dealkylation sites (tertiary alicyclic amines) is 1. The Morgan fingerprint density at radius 2 is 1.18 bits per heavy atom. The highest BCUT2D eigenvalue weighted by atomic mass is 35.5. The number of halogens is 1. The number of hydrogen-bond donors (Lipinski definition) is 0. The van der Waals surface area contributed by atoms with E-state index in [1.54, 1.807) is 5.57 Å². The molecule has 0 radical (unpaired) electrons. The van der Waals surface area contributed by atoms with Crippen LogP contribution in [0.4, 0.5) is 0 Å². The second-order valence-corrected chi connectivity index (χ2v) is 9.12. The molecule has 33 heavy (non-hydrogen) atoms. The van der Waals surface area contributed by atoms with Gasteiger partial charge in [-0.2, -0.15) is 0 Å². The van der Waals surface area contributed by atoms with Gasteiger partial charge in [0.05, 0.1) is 0 Å². The van der Waals surface area contributed by atoms with Gasteiger partial charge in [0, 0.05) is 13.1 Å². The van der Waals surface area contributed by atoms with Crippen molar-refractivity contribution in [3.05, 3.63) is 112 Å². The highest BCUT2D eigenvalue weighted by Crippen LogP contribution is 2.38. The molecular weight excluding hydrogens is 422 g/mol. The Hall–Kier alpha value is -2.61. The maximum Gasteiger partial charge on any atom is 0.00190 e. The molecular formula is C31H34ClN. The molecule has 3 aromatic rings. The molecule has 1 heterocycles. The first-order valence-corrected chi connectivity index (χ1v) is 12.2. The number of nitrogens with zero attached hydrogens (tertiary/aromatic N) is 1. The zero-order chi connectivity index (χ0) is 21.6. The van der Waals surface area contributed by atoms with E-state index in [0.29, 0.717) is 0 Å². The topological polar surface area (TPSA) is 3.24 Å². The fourth-order valence-electron chi connectivity index (χ4n) is 5.23. The van der Waals surface area contributed by atoms with Crippen LogP contribution in [-0.4, -0.2) is 24.5 Å². The number of aryl methyl sites for hydroxylation is 1. The van der Waals surface area contributed by atoms with Gasteiger partial charge in [-0.3, -0.25) is 0 Å². The second kappa shape index (κ2) is 11.5. The molecule has 2 heteroatoms. The van der Waals surface area contributed by atoms with Gasteiger partial charge >= 0.3 is 0 Å². The van der Waals surface area contributed by atoms with Gasteiger partial charge in [-0.25, -0.2) is 0 Å². The lowest BCUT2D eigenvalue weighted by atomic mass is 9.86. The Kier molecular flexibility index (Phi) is 8.20. The molecule has 1 fully saturated rings. The van der Waals surface area contributed by atoms with Gasteiger partial charge < -0.3 is 4.90 Å². The minimum atomic E-state index is 0. The number of unbranched alkanes of at least 4 members (excludes halogenated alkanes) is 2. The molecule has 0 aromatic heterocycles. The molecule has 0 unspecified atom stereocenters. The lowest BCUT2D eigenvalue weighted by Gasteiger charge is -2.30. The van der Waals surface area contributed by atoms with Crippen molar-refractivity contribution in [3.63, 3.8) is 0 Å². The molecule has 1 nitrogen and oxygen atoms in total. The standard InChI is InChI=1S/C31H33N.ClH/c1-3-11-25(12-4-1)13-5-2-10-22-32-23-20-28(21-24-32)31-29-16-8-6-14-26(29)18-19-27-15-7-9-17-30(27)31;/h1,3-4,6-9,11-12,14-19H,2,5,10,13,20-24H2;1H. The summed E-state index contributed by atoms with van der Waals surface area (Å²) in [6.07, 6.45) is 12.1. The monoisotopic (exact) mass is 455 g/mol. The van der Waals surface area contributed by atoms with E-state index >= 15 is 0 Å². The van der Waals surface area contributed by atoms with Crippen LogP contribution in [0.1, 0.15) is 59.9 Å². The molecule has 170 valence electrons. The maximum atomic E-state index is 2.68. The Bertz CT molecular complexity index is 1050. The third-order valence-electron chi connectivity index (χ3n) is 7.00. The number of hydrogen-bond acceptors (Lipinski definition) is 1. The van der Waals surface area contributed by atoms with Crippen molar-refractivity contribution in [1.29, 1.82) is 0 Å². The van der Waals surface area contributed by atoms with E-state index in [2.05, 4.69) is 95.9 Å². The first kappa shape index (κ1) is 23.5. The van der Waals surface area contributed by atoms with Gasteiger partial charge in [0.25, 0.3) is 0 Å². The molecule has 3 aromatic carbocycles. The summed E-state index contributed by atoms with van der Waals surface area (Å²) in [4.78, 5) is 2.68. The van der Waals surface area contributed by atoms with Crippen molar-refractivity contribution in [2.45, 2.75) is 38.5 Å². The lowest BCUT2D eigenvalue weighted by molar-refractivity contribution is 0.251. The summed E-state index contributed by atoms with van der Waals surface area (Å²) < 4.78 is 0. The van der Waals surface area contributed by atoms with Crippen molar-refractivity contribution >= 4 is 30.1 Å². The minimum Gasteiger partial charge on any atom is -0.303 e. The molecule has 2 aliphatic rings. The Balaban J connectivity index is 0.00000259. The molecule has 1 aliphatic heterocycles. The normalized spacial score (nSPS) is 15.4. The Morgan fingerprint density at radius 3 is 1.82 bits per heavy atom. The summed E-state index contributed by atoms with van der Waals surface area (Å²) >= 11 is 0. The van der Waals surface area contributed by atoms with E-state index in [1.807, 2.05) is 0 Å². The van der Waals surface area contributed by atoms with E-state index in [1.165, 1.54) is 91.5 Å². The predicted molar refractivity (Wildman–Crippen MR) is 145 cm³/mol. The van der Waals surface area contributed by atoms with E-state index in [0.717, 1.165) is 0 Å². The molecule has 1 saturated heterocycles. The lowest BCUT2D eigenvalue weighted by Crippen LogP contribution is -2.32. The summed E-state index contributed by atoms with van der Waals surface area (Å²) in [5.41, 5.74) is 10.1. The molecule has 5 rings (SSSR count). The summed E-state index contributed by atoms with van der Waals surface area (Å²) in [6, 6.07) is 28.7. The summed E-state index contributed by atoms with van der Waals surface area (Å²) in [5, 5.41) is 0. The average Bonchev–Trinajstić information content (AvgIpc) is 3.02. The largest absolute Gasteiger partial charge is 0.303 e. The second-order valence-electron chi connectivity index (χ2n) is 9.12. The van der Waals surface area contributed by atoms with E-state index in [9.17, 15) is 0 Å². The third kappa shape index (κ3) is 5.66. The van der Waals surface area contributed by atoms with E-state index in [-0.39, 0.29) is 12.4 Å². The highest BCUT2D eigenvalue weighted by molar-refractivity contribution is 5.94. The van der Waals surface area contributed by atoms with Crippen LogP contribution in [0.25, 0.3) is 17.7 Å². The van der Waals surface area contributed by atoms with E-state index < -0.39 is 0 Å². The first-order chi connectivity index (χ1) is 15.9. The van der Waals surface area contributed by atoms with Crippen molar-refractivity contribution in [2.75, 3.05) is 19.6 Å². The molecule has 0 spiro atoms. The zero-order valence-electron chi connectivity index (χ0n) is 19.4. The summed E-state index contributed by atoms with van der Waals surface area (Å²) in [5.74, 6) is 0. The van der Waals surface area contributed by atoms with Gasteiger partial charge in [0.1, 0.15) is 0 Å². The smallest absolute Gasteiger partial charge is 0.00190 e. The van der Waals surface area contributed by atoms with Gasteiger partial charge in [0.15, 0.2) is 0 Å². The van der Waals surface area contributed by atoms with Gasteiger partial charge in [0.2, 0.25) is 0 Å². The van der Waals surface area contributed by atoms with Gasteiger partial charge in [-0.05, 0) is 72.0 Å².